The van der Waals surface area contributed by atoms with Crippen LogP contribution in [0.3, 0.4) is 0 Å². The van der Waals surface area contributed by atoms with Crippen LogP contribution in [0.1, 0.15) is 69.9 Å². The SMILES string of the molecule is CC(C)C[C@H](NC(=O)OCc1ccccc1)C(=O)N[C@@H](Cc1ccccc1)C(=O)N[C@H](/C=C/C(=O)NC1CCCC1)CCC(N)=O. The molecule has 1 aliphatic carbocycles. The number of amides is 5. The van der Waals surface area contributed by atoms with Crippen LogP contribution in [0.5, 0.6) is 0 Å². The van der Waals surface area contributed by atoms with Crippen LogP contribution in [0.4, 0.5) is 4.79 Å². The van der Waals surface area contributed by atoms with Gasteiger partial charge in [0.25, 0.3) is 0 Å². The largest absolute Gasteiger partial charge is 0.445 e. The van der Waals surface area contributed by atoms with E-state index >= 15 is 0 Å². The van der Waals surface area contributed by atoms with Gasteiger partial charge in [0, 0.05) is 31.0 Å². The number of primary amides is 1. The molecule has 0 heterocycles. The van der Waals surface area contributed by atoms with Crippen molar-refractivity contribution in [1.82, 2.24) is 21.3 Å². The Morgan fingerprint density at radius 1 is 0.848 bits per heavy atom. The Kier molecular flexibility index (Phi) is 14.8. The van der Waals surface area contributed by atoms with Gasteiger partial charge < -0.3 is 31.7 Å². The first kappa shape index (κ1) is 35.8. The van der Waals surface area contributed by atoms with Crippen LogP contribution >= 0.6 is 0 Å². The molecular formula is C35H47N5O6. The van der Waals surface area contributed by atoms with Crippen molar-refractivity contribution < 1.29 is 28.7 Å². The van der Waals surface area contributed by atoms with Crippen LogP contribution < -0.4 is 27.0 Å². The highest BCUT2D eigenvalue weighted by Crippen LogP contribution is 2.17. The molecule has 0 aliphatic heterocycles. The lowest BCUT2D eigenvalue weighted by Crippen LogP contribution is -2.55. The average Bonchev–Trinajstić information content (AvgIpc) is 3.54. The van der Waals surface area contributed by atoms with Crippen molar-refractivity contribution in [3.8, 4) is 0 Å². The van der Waals surface area contributed by atoms with E-state index in [0.29, 0.717) is 6.42 Å². The van der Waals surface area contributed by atoms with Crippen LogP contribution in [0.25, 0.3) is 0 Å². The lowest BCUT2D eigenvalue weighted by molar-refractivity contribution is -0.130. The normalized spacial score (nSPS) is 15.1. The van der Waals surface area contributed by atoms with Gasteiger partial charge in [-0.2, -0.15) is 0 Å². The minimum Gasteiger partial charge on any atom is -0.445 e. The minimum atomic E-state index is -1.02. The van der Waals surface area contributed by atoms with Crippen molar-refractivity contribution in [1.29, 1.82) is 0 Å². The number of alkyl carbamates (subject to hydrolysis) is 1. The molecule has 3 atom stereocenters. The highest BCUT2D eigenvalue weighted by atomic mass is 16.5. The van der Waals surface area contributed by atoms with Crippen LogP contribution in [-0.2, 0) is 36.9 Å². The first-order valence-corrected chi connectivity index (χ1v) is 16.0. The standard InChI is InChI=1S/C35H47N5O6/c1-24(2)21-29(40-35(45)46-23-26-13-7-4-8-14-26)34(44)39-30(22-25-11-5-3-6-12-25)33(43)38-28(17-19-31(36)41)18-20-32(42)37-27-15-9-10-16-27/h3-8,11-14,18,20,24,27-30H,9-10,15-17,19,21-23H2,1-2H3,(H2,36,41)(H,37,42)(H,38,43)(H,39,44)(H,40,45)/b20-18+/t28-,29-,30-/m0/s1. The molecule has 0 unspecified atom stereocenters. The summed E-state index contributed by atoms with van der Waals surface area (Å²) in [7, 11) is 0. The first-order chi connectivity index (χ1) is 22.1. The molecule has 11 nitrogen and oxygen atoms in total. The van der Waals surface area contributed by atoms with Gasteiger partial charge in [0.2, 0.25) is 23.6 Å². The zero-order chi connectivity index (χ0) is 33.3. The fraction of sp³-hybridized carbons (Fsp3) is 0.457. The third-order valence-electron chi connectivity index (χ3n) is 7.65. The quantitative estimate of drug-likeness (QED) is 0.167. The number of carbonyl (C=O) groups excluding carboxylic acids is 5. The lowest BCUT2D eigenvalue weighted by Gasteiger charge is -2.25. The highest BCUT2D eigenvalue weighted by molar-refractivity contribution is 5.92. The number of rotatable bonds is 17. The van der Waals surface area contributed by atoms with E-state index in [2.05, 4.69) is 21.3 Å². The number of hydrogen-bond donors (Lipinski definition) is 5. The topological polar surface area (TPSA) is 169 Å². The summed E-state index contributed by atoms with van der Waals surface area (Å²) in [5, 5.41) is 11.3. The van der Waals surface area contributed by atoms with Crippen molar-refractivity contribution >= 4 is 29.7 Å². The summed E-state index contributed by atoms with van der Waals surface area (Å²) in [6.07, 6.45) is 6.79. The van der Waals surface area contributed by atoms with Crippen LogP contribution in [0.15, 0.2) is 72.8 Å². The van der Waals surface area contributed by atoms with E-state index in [4.69, 9.17) is 10.5 Å². The van der Waals surface area contributed by atoms with Crippen molar-refractivity contribution in [2.24, 2.45) is 11.7 Å². The van der Waals surface area contributed by atoms with E-state index in [9.17, 15) is 24.0 Å². The van der Waals surface area contributed by atoms with Crippen LogP contribution in [0.2, 0.25) is 0 Å². The second-order valence-electron chi connectivity index (χ2n) is 12.1. The molecule has 46 heavy (non-hydrogen) atoms. The summed E-state index contributed by atoms with van der Waals surface area (Å²) in [5.74, 6) is -1.82. The molecule has 248 valence electrons. The van der Waals surface area contributed by atoms with Crippen molar-refractivity contribution in [2.75, 3.05) is 0 Å². The number of ether oxygens (including phenoxy) is 1. The van der Waals surface area contributed by atoms with Gasteiger partial charge in [0.15, 0.2) is 0 Å². The van der Waals surface area contributed by atoms with Gasteiger partial charge in [-0.05, 0) is 42.7 Å². The minimum absolute atomic E-state index is 0.0132. The number of carbonyl (C=O) groups is 5. The summed E-state index contributed by atoms with van der Waals surface area (Å²) in [4.78, 5) is 64.0. The average molecular weight is 634 g/mol. The molecule has 1 fully saturated rings. The number of nitrogens with two attached hydrogens (primary N) is 1. The van der Waals surface area contributed by atoms with E-state index in [1.807, 2.05) is 74.5 Å². The molecule has 0 saturated heterocycles. The Hall–Kier alpha value is -4.67. The summed E-state index contributed by atoms with van der Waals surface area (Å²) in [5.41, 5.74) is 6.98. The number of hydrogen-bond acceptors (Lipinski definition) is 6. The number of benzene rings is 2. The predicted molar refractivity (Wildman–Crippen MR) is 175 cm³/mol. The molecule has 0 aromatic heterocycles. The van der Waals surface area contributed by atoms with E-state index in [0.717, 1.165) is 36.8 Å². The van der Waals surface area contributed by atoms with Gasteiger partial charge in [-0.15, -0.1) is 0 Å². The van der Waals surface area contributed by atoms with Gasteiger partial charge in [-0.3, -0.25) is 19.2 Å². The van der Waals surface area contributed by atoms with Crippen molar-refractivity contribution in [2.45, 2.75) is 96.0 Å². The maximum absolute atomic E-state index is 13.7. The number of nitrogens with one attached hydrogen (secondary N) is 4. The molecule has 0 spiro atoms. The van der Waals surface area contributed by atoms with Crippen molar-refractivity contribution in [3.63, 3.8) is 0 Å². The molecule has 2 aromatic carbocycles. The lowest BCUT2D eigenvalue weighted by atomic mass is 10.0. The second kappa shape index (κ2) is 19.0. The molecule has 5 amide bonds. The van der Waals surface area contributed by atoms with Gasteiger partial charge in [0.05, 0.1) is 0 Å². The predicted octanol–water partition coefficient (Wildman–Crippen LogP) is 3.42. The molecule has 1 aliphatic rings. The van der Waals surface area contributed by atoms with E-state index < -0.39 is 41.9 Å². The van der Waals surface area contributed by atoms with Gasteiger partial charge in [0.1, 0.15) is 18.7 Å². The van der Waals surface area contributed by atoms with E-state index in [1.165, 1.54) is 6.08 Å². The Bertz CT molecular complexity index is 1310. The molecule has 0 radical (unpaired) electrons. The molecule has 11 heteroatoms. The molecule has 3 rings (SSSR count). The monoisotopic (exact) mass is 633 g/mol. The maximum Gasteiger partial charge on any atom is 0.408 e. The Morgan fingerprint density at radius 2 is 1.46 bits per heavy atom. The molecule has 6 N–H and O–H groups in total. The Balaban J connectivity index is 1.72. The fourth-order valence-electron chi connectivity index (χ4n) is 5.26. The summed E-state index contributed by atoms with van der Waals surface area (Å²) in [6.45, 7) is 3.88. The zero-order valence-electron chi connectivity index (χ0n) is 26.7. The van der Waals surface area contributed by atoms with Crippen molar-refractivity contribution in [3.05, 3.63) is 83.9 Å². The molecule has 1 saturated carbocycles. The van der Waals surface area contributed by atoms with Gasteiger partial charge in [-0.1, -0.05) is 93.4 Å². The van der Waals surface area contributed by atoms with E-state index in [-0.39, 0.29) is 43.7 Å². The Morgan fingerprint density at radius 3 is 2.07 bits per heavy atom. The first-order valence-electron chi connectivity index (χ1n) is 16.0. The highest BCUT2D eigenvalue weighted by Gasteiger charge is 2.29. The third-order valence-corrected chi connectivity index (χ3v) is 7.65. The maximum atomic E-state index is 13.7. The summed E-state index contributed by atoms with van der Waals surface area (Å²) < 4.78 is 5.34. The Labute approximate surface area is 271 Å². The third kappa shape index (κ3) is 13.5. The van der Waals surface area contributed by atoms with Gasteiger partial charge in [-0.25, -0.2) is 4.79 Å². The van der Waals surface area contributed by atoms with Crippen LogP contribution in [-0.4, -0.2) is 53.9 Å². The molecule has 0 bridgehead atoms. The summed E-state index contributed by atoms with van der Waals surface area (Å²) >= 11 is 0. The van der Waals surface area contributed by atoms with Crippen LogP contribution in [0, 0.1) is 5.92 Å². The van der Waals surface area contributed by atoms with Gasteiger partial charge >= 0.3 is 6.09 Å². The van der Waals surface area contributed by atoms with E-state index in [1.54, 1.807) is 6.08 Å². The summed E-state index contributed by atoms with van der Waals surface area (Å²) in [6, 6.07) is 15.8. The second-order valence-corrected chi connectivity index (χ2v) is 12.1. The smallest absolute Gasteiger partial charge is 0.408 e. The molecular weight excluding hydrogens is 586 g/mol. The molecule has 2 aromatic rings. The zero-order valence-corrected chi connectivity index (χ0v) is 26.7. The fourth-order valence-corrected chi connectivity index (χ4v) is 5.26.